The summed E-state index contributed by atoms with van der Waals surface area (Å²) in [6.07, 6.45) is 0. The molecule has 0 saturated carbocycles. The summed E-state index contributed by atoms with van der Waals surface area (Å²) in [5, 5.41) is 14.1. The lowest BCUT2D eigenvalue weighted by Crippen LogP contribution is -2.10. The number of rotatable bonds is 4. The monoisotopic (exact) mass is 308 g/mol. The number of nitrogens with two attached hydrogens (primary N) is 2. The molecule has 112 valence electrons. The SMILES string of the molecule is CC(Nc1ccccc1[N+](=O)[O-])c1cc(N)ccc1N.Cl. The maximum atomic E-state index is 11.0. The van der Waals surface area contributed by atoms with Crippen LogP contribution in [0.2, 0.25) is 0 Å². The topological polar surface area (TPSA) is 107 Å². The fraction of sp³-hybridized carbons (Fsp3) is 0.143. The van der Waals surface area contributed by atoms with Crippen molar-refractivity contribution in [3.05, 3.63) is 58.1 Å². The number of para-hydroxylation sites is 2. The fourth-order valence-electron chi connectivity index (χ4n) is 2.03. The van der Waals surface area contributed by atoms with Crippen molar-refractivity contribution >= 4 is 35.2 Å². The molecule has 0 amide bonds. The van der Waals surface area contributed by atoms with Crippen LogP contribution in [0.1, 0.15) is 18.5 Å². The standard InChI is InChI=1S/C14H16N4O2.ClH/c1-9(11-8-10(15)6-7-12(11)16)17-13-4-2-3-5-14(13)18(19)20;/h2-9,17H,15-16H2,1H3;1H. The quantitative estimate of drug-likeness (QED) is 0.456. The predicted molar refractivity (Wildman–Crippen MR) is 87.6 cm³/mol. The molecule has 2 aromatic carbocycles. The molecule has 0 heterocycles. The number of anilines is 3. The Bertz CT molecular complexity index is 649. The maximum absolute atomic E-state index is 11.0. The molecule has 0 aromatic heterocycles. The van der Waals surface area contributed by atoms with Gasteiger partial charge in [-0.15, -0.1) is 12.4 Å². The van der Waals surface area contributed by atoms with Crippen LogP contribution in [-0.2, 0) is 0 Å². The van der Waals surface area contributed by atoms with Crippen molar-refractivity contribution in [3.8, 4) is 0 Å². The third-order valence-electron chi connectivity index (χ3n) is 3.05. The summed E-state index contributed by atoms with van der Waals surface area (Å²) in [7, 11) is 0. The zero-order valence-electron chi connectivity index (χ0n) is 11.4. The molecule has 0 bridgehead atoms. The van der Waals surface area contributed by atoms with E-state index < -0.39 is 4.92 Å². The van der Waals surface area contributed by atoms with Gasteiger partial charge in [0.1, 0.15) is 5.69 Å². The molecule has 0 spiro atoms. The van der Waals surface area contributed by atoms with Crippen LogP contribution in [0.4, 0.5) is 22.7 Å². The summed E-state index contributed by atoms with van der Waals surface area (Å²) in [5.74, 6) is 0. The molecule has 0 aliphatic carbocycles. The van der Waals surface area contributed by atoms with Crippen LogP contribution in [0.25, 0.3) is 0 Å². The third-order valence-corrected chi connectivity index (χ3v) is 3.05. The Morgan fingerprint density at radius 2 is 1.86 bits per heavy atom. The molecule has 0 aliphatic heterocycles. The second-order valence-electron chi connectivity index (χ2n) is 4.53. The second-order valence-corrected chi connectivity index (χ2v) is 4.53. The number of nitrogens with one attached hydrogen (secondary N) is 1. The summed E-state index contributed by atoms with van der Waals surface area (Å²) in [6.45, 7) is 1.88. The average molecular weight is 309 g/mol. The van der Waals surface area contributed by atoms with E-state index in [2.05, 4.69) is 5.32 Å². The summed E-state index contributed by atoms with van der Waals surface area (Å²) in [5.41, 5.74) is 14.1. The van der Waals surface area contributed by atoms with Crippen LogP contribution in [0.15, 0.2) is 42.5 Å². The molecule has 1 atom stereocenters. The highest BCUT2D eigenvalue weighted by atomic mass is 35.5. The zero-order valence-corrected chi connectivity index (χ0v) is 12.3. The van der Waals surface area contributed by atoms with E-state index in [1.54, 1.807) is 36.4 Å². The first-order chi connectivity index (χ1) is 9.49. The molecule has 21 heavy (non-hydrogen) atoms. The van der Waals surface area contributed by atoms with Gasteiger partial charge in [-0.25, -0.2) is 0 Å². The number of nitro benzene ring substituents is 1. The number of nitro groups is 1. The minimum Gasteiger partial charge on any atom is -0.399 e. The highest BCUT2D eigenvalue weighted by molar-refractivity contribution is 5.85. The van der Waals surface area contributed by atoms with Gasteiger partial charge in [-0.05, 0) is 36.8 Å². The van der Waals surface area contributed by atoms with Crippen molar-refractivity contribution in [3.63, 3.8) is 0 Å². The molecule has 2 aromatic rings. The molecule has 7 heteroatoms. The number of hydrogen-bond acceptors (Lipinski definition) is 5. The molecule has 0 radical (unpaired) electrons. The molecular weight excluding hydrogens is 292 g/mol. The van der Waals surface area contributed by atoms with Crippen LogP contribution >= 0.6 is 12.4 Å². The van der Waals surface area contributed by atoms with Gasteiger partial charge in [-0.3, -0.25) is 10.1 Å². The average Bonchev–Trinajstić information content (AvgIpc) is 2.41. The highest BCUT2D eigenvalue weighted by Crippen LogP contribution is 2.30. The molecular formula is C14H17ClN4O2. The van der Waals surface area contributed by atoms with Gasteiger partial charge in [-0.1, -0.05) is 12.1 Å². The lowest BCUT2D eigenvalue weighted by Gasteiger charge is -2.18. The van der Waals surface area contributed by atoms with Gasteiger partial charge in [0.15, 0.2) is 0 Å². The summed E-state index contributed by atoms with van der Waals surface area (Å²) in [4.78, 5) is 10.6. The smallest absolute Gasteiger partial charge is 0.292 e. The van der Waals surface area contributed by atoms with Crippen LogP contribution in [-0.4, -0.2) is 4.92 Å². The van der Waals surface area contributed by atoms with E-state index in [0.29, 0.717) is 17.1 Å². The van der Waals surface area contributed by atoms with Crippen molar-refractivity contribution in [2.75, 3.05) is 16.8 Å². The van der Waals surface area contributed by atoms with E-state index in [-0.39, 0.29) is 24.1 Å². The Hall–Kier alpha value is -2.47. The van der Waals surface area contributed by atoms with E-state index in [9.17, 15) is 10.1 Å². The number of nitrogen functional groups attached to an aromatic ring is 2. The van der Waals surface area contributed by atoms with Gasteiger partial charge in [-0.2, -0.15) is 0 Å². The normalized spacial score (nSPS) is 11.3. The molecule has 6 nitrogen and oxygen atoms in total. The molecule has 0 saturated heterocycles. The van der Waals surface area contributed by atoms with Crippen LogP contribution < -0.4 is 16.8 Å². The fourth-order valence-corrected chi connectivity index (χ4v) is 2.03. The van der Waals surface area contributed by atoms with Crippen molar-refractivity contribution in [2.45, 2.75) is 13.0 Å². The van der Waals surface area contributed by atoms with E-state index in [0.717, 1.165) is 5.56 Å². The van der Waals surface area contributed by atoms with Crippen LogP contribution in [0.5, 0.6) is 0 Å². The molecule has 1 unspecified atom stereocenters. The van der Waals surface area contributed by atoms with E-state index in [4.69, 9.17) is 11.5 Å². The van der Waals surface area contributed by atoms with Gasteiger partial charge in [0, 0.05) is 17.4 Å². The number of hydrogen-bond donors (Lipinski definition) is 3. The van der Waals surface area contributed by atoms with Gasteiger partial charge in [0.05, 0.1) is 11.0 Å². The lowest BCUT2D eigenvalue weighted by atomic mass is 10.0. The third kappa shape index (κ3) is 3.76. The van der Waals surface area contributed by atoms with Crippen molar-refractivity contribution in [1.29, 1.82) is 0 Å². The summed E-state index contributed by atoms with van der Waals surface area (Å²) in [6, 6.07) is 11.5. The maximum Gasteiger partial charge on any atom is 0.292 e. The minimum absolute atomic E-state index is 0. The van der Waals surface area contributed by atoms with E-state index in [1.807, 2.05) is 6.92 Å². The predicted octanol–water partition coefficient (Wildman–Crippen LogP) is 3.35. The Kier molecular flexibility index (Phi) is 5.37. The Morgan fingerprint density at radius 3 is 2.52 bits per heavy atom. The van der Waals surface area contributed by atoms with Crippen molar-refractivity contribution in [1.82, 2.24) is 0 Å². The molecule has 2 rings (SSSR count). The number of benzene rings is 2. The van der Waals surface area contributed by atoms with Crippen molar-refractivity contribution < 1.29 is 4.92 Å². The van der Waals surface area contributed by atoms with Crippen LogP contribution in [0, 0.1) is 10.1 Å². The first-order valence-corrected chi connectivity index (χ1v) is 6.14. The zero-order chi connectivity index (χ0) is 14.7. The first kappa shape index (κ1) is 16.6. The van der Waals surface area contributed by atoms with Gasteiger partial charge >= 0.3 is 0 Å². The number of halogens is 1. The summed E-state index contributed by atoms with van der Waals surface area (Å²) < 4.78 is 0. The molecule has 5 N–H and O–H groups in total. The van der Waals surface area contributed by atoms with Gasteiger partial charge in [0.2, 0.25) is 0 Å². The Morgan fingerprint density at radius 1 is 1.19 bits per heavy atom. The van der Waals surface area contributed by atoms with Gasteiger partial charge in [0.25, 0.3) is 5.69 Å². The van der Waals surface area contributed by atoms with Crippen molar-refractivity contribution in [2.24, 2.45) is 0 Å². The molecule has 0 fully saturated rings. The van der Waals surface area contributed by atoms with E-state index >= 15 is 0 Å². The summed E-state index contributed by atoms with van der Waals surface area (Å²) >= 11 is 0. The van der Waals surface area contributed by atoms with Gasteiger partial charge < -0.3 is 16.8 Å². The van der Waals surface area contributed by atoms with E-state index in [1.165, 1.54) is 6.07 Å². The largest absolute Gasteiger partial charge is 0.399 e. The number of nitrogens with zero attached hydrogens (tertiary/aromatic N) is 1. The van der Waals surface area contributed by atoms with Crippen LogP contribution in [0.3, 0.4) is 0 Å². The molecule has 0 aliphatic rings. The second kappa shape index (κ2) is 6.81. The Balaban J connectivity index is 0.00000220. The lowest BCUT2D eigenvalue weighted by molar-refractivity contribution is -0.384. The highest BCUT2D eigenvalue weighted by Gasteiger charge is 2.16. The minimum atomic E-state index is -0.419. The Labute approximate surface area is 128 Å². The first-order valence-electron chi connectivity index (χ1n) is 6.14.